The summed E-state index contributed by atoms with van der Waals surface area (Å²) in [6.45, 7) is 7.58. The number of hydrogen-bond acceptors (Lipinski definition) is 5. The average Bonchev–Trinajstić information content (AvgIpc) is 2.71. The number of carbonyl (C=O) groups excluding carboxylic acids is 1. The van der Waals surface area contributed by atoms with Crippen LogP contribution in [0.15, 0.2) is 42.5 Å². The predicted molar refractivity (Wildman–Crippen MR) is 110 cm³/mol. The number of benzene rings is 2. The van der Waals surface area contributed by atoms with Crippen molar-refractivity contribution in [2.45, 2.75) is 33.6 Å². The zero-order valence-electron chi connectivity index (χ0n) is 16.8. The quantitative estimate of drug-likeness (QED) is 0.573. The highest BCUT2D eigenvalue weighted by atomic mass is 16.5. The van der Waals surface area contributed by atoms with Gasteiger partial charge in [-0.05, 0) is 44.0 Å². The topological polar surface area (TPSA) is 66.0 Å². The van der Waals surface area contributed by atoms with Gasteiger partial charge in [0.05, 0.1) is 19.8 Å². The summed E-state index contributed by atoms with van der Waals surface area (Å²) in [6.07, 6.45) is 1.79. The Hall–Kier alpha value is -2.89. The van der Waals surface area contributed by atoms with E-state index in [-0.39, 0.29) is 12.5 Å². The van der Waals surface area contributed by atoms with Crippen LogP contribution in [0.3, 0.4) is 0 Å². The summed E-state index contributed by atoms with van der Waals surface area (Å²) in [5.74, 6) is 2.18. The van der Waals surface area contributed by atoms with Crippen molar-refractivity contribution in [3.05, 3.63) is 42.5 Å². The second kappa shape index (κ2) is 11.7. The molecule has 6 heteroatoms. The molecule has 1 amide bonds. The van der Waals surface area contributed by atoms with Crippen molar-refractivity contribution in [1.82, 2.24) is 0 Å². The Morgan fingerprint density at radius 2 is 1.39 bits per heavy atom. The first-order valence-electron chi connectivity index (χ1n) is 9.72. The molecule has 0 saturated carbocycles. The third-order valence-corrected chi connectivity index (χ3v) is 3.66. The van der Waals surface area contributed by atoms with E-state index < -0.39 is 0 Å². The molecular weight excluding hydrogens is 358 g/mol. The maximum Gasteiger partial charge on any atom is 0.262 e. The van der Waals surface area contributed by atoms with Gasteiger partial charge >= 0.3 is 0 Å². The third kappa shape index (κ3) is 6.68. The number of amides is 1. The Labute approximate surface area is 166 Å². The molecule has 0 aromatic heterocycles. The van der Waals surface area contributed by atoms with E-state index in [1.54, 1.807) is 18.2 Å². The van der Waals surface area contributed by atoms with Gasteiger partial charge in [0, 0.05) is 11.8 Å². The van der Waals surface area contributed by atoms with Crippen molar-refractivity contribution in [3.63, 3.8) is 0 Å². The fourth-order valence-corrected chi connectivity index (χ4v) is 2.43. The Bertz CT molecular complexity index is 747. The Balaban J connectivity index is 1.99. The highest BCUT2D eigenvalue weighted by Gasteiger charge is 2.11. The van der Waals surface area contributed by atoms with Crippen LogP contribution in [0.1, 0.15) is 33.6 Å². The molecule has 1 N–H and O–H groups in total. The highest BCUT2D eigenvalue weighted by Crippen LogP contribution is 2.31. The lowest BCUT2D eigenvalue weighted by atomic mass is 10.2. The van der Waals surface area contributed by atoms with Gasteiger partial charge in [-0.1, -0.05) is 26.0 Å². The fourth-order valence-electron chi connectivity index (χ4n) is 2.43. The molecule has 0 fully saturated rings. The first kappa shape index (κ1) is 21.4. The Morgan fingerprint density at radius 3 is 2.04 bits per heavy atom. The summed E-state index contributed by atoms with van der Waals surface area (Å²) < 4.78 is 22.6. The predicted octanol–water partition coefficient (Wildman–Crippen LogP) is 4.68. The molecule has 2 rings (SSSR count). The van der Waals surface area contributed by atoms with Gasteiger partial charge in [-0.15, -0.1) is 0 Å². The minimum atomic E-state index is -0.269. The molecule has 0 spiro atoms. The van der Waals surface area contributed by atoms with Crippen LogP contribution in [-0.2, 0) is 4.79 Å². The third-order valence-electron chi connectivity index (χ3n) is 3.66. The lowest BCUT2D eigenvalue weighted by Crippen LogP contribution is -2.20. The van der Waals surface area contributed by atoms with Gasteiger partial charge in [0.2, 0.25) is 0 Å². The van der Waals surface area contributed by atoms with E-state index in [4.69, 9.17) is 18.9 Å². The van der Waals surface area contributed by atoms with Gasteiger partial charge in [-0.25, -0.2) is 0 Å². The molecule has 0 bridgehead atoms. The van der Waals surface area contributed by atoms with Crippen molar-refractivity contribution in [1.29, 1.82) is 0 Å². The van der Waals surface area contributed by atoms with Gasteiger partial charge in [-0.2, -0.15) is 0 Å². The maximum atomic E-state index is 12.3. The highest BCUT2D eigenvalue weighted by molar-refractivity contribution is 5.92. The van der Waals surface area contributed by atoms with Gasteiger partial charge in [-0.3, -0.25) is 4.79 Å². The van der Waals surface area contributed by atoms with Crippen LogP contribution in [0, 0.1) is 0 Å². The molecule has 2 aromatic carbocycles. The Morgan fingerprint density at radius 1 is 0.786 bits per heavy atom. The molecule has 0 saturated heterocycles. The number of anilines is 1. The van der Waals surface area contributed by atoms with Gasteiger partial charge < -0.3 is 24.3 Å². The molecule has 0 unspecified atom stereocenters. The van der Waals surface area contributed by atoms with Crippen LogP contribution < -0.4 is 24.3 Å². The molecular formula is C22H29NO5. The molecule has 6 nitrogen and oxygen atoms in total. The van der Waals surface area contributed by atoms with Crippen LogP contribution in [0.4, 0.5) is 5.69 Å². The van der Waals surface area contributed by atoms with Crippen molar-refractivity contribution >= 4 is 11.6 Å². The summed E-state index contributed by atoms with van der Waals surface area (Å²) in [5.41, 5.74) is 0.627. The van der Waals surface area contributed by atoms with E-state index in [1.807, 2.05) is 45.0 Å². The van der Waals surface area contributed by atoms with Crippen LogP contribution in [0.5, 0.6) is 23.0 Å². The van der Waals surface area contributed by atoms with E-state index in [0.29, 0.717) is 48.5 Å². The smallest absolute Gasteiger partial charge is 0.262 e. The SMILES string of the molecule is CCCOc1ccc(NC(=O)COc2ccccc2OCC)cc1OCCC. The monoisotopic (exact) mass is 387 g/mol. The number of rotatable bonds is 12. The van der Waals surface area contributed by atoms with Gasteiger partial charge in [0.25, 0.3) is 5.91 Å². The number of ether oxygens (including phenoxy) is 4. The molecule has 0 aliphatic heterocycles. The Kier molecular flexibility index (Phi) is 8.98. The van der Waals surface area contributed by atoms with E-state index >= 15 is 0 Å². The summed E-state index contributed by atoms with van der Waals surface area (Å²) in [5, 5.41) is 2.82. The van der Waals surface area contributed by atoms with Crippen molar-refractivity contribution < 1.29 is 23.7 Å². The molecule has 0 radical (unpaired) electrons. The number of nitrogens with one attached hydrogen (secondary N) is 1. The molecule has 0 aliphatic rings. The minimum Gasteiger partial charge on any atom is -0.490 e. The number of para-hydroxylation sites is 2. The van der Waals surface area contributed by atoms with Gasteiger partial charge in [0.15, 0.2) is 29.6 Å². The van der Waals surface area contributed by atoms with E-state index in [1.165, 1.54) is 0 Å². The summed E-state index contributed by atoms with van der Waals surface area (Å²) in [6, 6.07) is 12.6. The lowest BCUT2D eigenvalue weighted by molar-refractivity contribution is -0.118. The average molecular weight is 387 g/mol. The van der Waals surface area contributed by atoms with Crippen LogP contribution >= 0.6 is 0 Å². The van der Waals surface area contributed by atoms with Crippen LogP contribution in [0.2, 0.25) is 0 Å². The van der Waals surface area contributed by atoms with Gasteiger partial charge in [0.1, 0.15) is 0 Å². The first-order chi connectivity index (χ1) is 13.7. The largest absolute Gasteiger partial charge is 0.490 e. The van der Waals surface area contributed by atoms with Crippen molar-refractivity contribution in [3.8, 4) is 23.0 Å². The molecule has 0 heterocycles. The molecule has 152 valence electrons. The summed E-state index contributed by atoms with van der Waals surface area (Å²) in [4.78, 5) is 12.3. The molecule has 2 aromatic rings. The van der Waals surface area contributed by atoms with E-state index in [2.05, 4.69) is 5.32 Å². The second-order valence-electron chi connectivity index (χ2n) is 6.08. The molecule has 0 atom stereocenters. The number of hydrogen-bond donors (Lipinski definition) is 1. The van der Waals surface area contributed by atoms with Crippen LogP contribution in [-0.4, -0.2) is 32.3 Å². The zero-order valence-corrected chi connectivity index (χ0v) is 16.8. The lowest BCUT2D eigenvalue weighted by Gasteiger charge is -2.14. The first-order valence-corrected chi connectivity index (χ1v) is 9.72. The van der Waals surface area contributed by atoms with Crippen molar-refractivity contribution in [2.75, 3.05) is 31.7 Å². The second-order valence-corrected chi connectivity index (χ2v) is 6.08. The molecule has 28 heavy (non-hydrogen) atoms. The van der Waals surface area contributed by atoms with Crippen LogP contribution in [0.25, 0.3) is 0 Å². The number of carbonyl (C=O) groups is 1. The summed E-state index contributed by atoms with van der Waals surface area (Å²) >= 11 is 0. The minimum absolute atomic E-state index is 0.122. The van der Waals surface area contributed by atoms with Crippen molar-refractivity contribution in [2.24, 2.45) is 0 Å². The fraction of sp³-hybridized carbons (Fsp3) is 0.409. The van der Waals surface area contributed by atoms with E-state index in [9.17, 15) is 4.79 Å². The zero-order chi connectivity index (χ0) is 20.2. The van der Waals surface area contributed by atoms with E-state index in [0.717, 1.165) is 12.8 Å². The standard InChI is InChI=1S/C22H29NO5/c1-4-13-26-20-12-11-17(15-21(20)27-14-5-2)23-22(24)16-28-19-10-8-7-9-18(19)25-6-3/h7-12,15H,4-6,13-14,16H2,1-3H3,(H,23,24). The summed E-state index contributed by atoms with van der Waals surface area (Å²) in [7, 11) is 0. The normalized spacial score (nSPS) is 10.2. The molecule has 0 aliphatic carbocycles. The maximum absolute atomic E-state index is 12.3.